The lowest BCUT2D eigenvalue weighted by Crippen LogP contribution is -2.31. The number of thioether (sulfide) groups is 1. The van der Waals surface area contributed by atoms with Crippen molar-refractivity contribution in [3.05, 3.63) is 0 Å². The molecule has 0 aromatic rings. The van der Waals surface area contributed by atoms with E-state index in [0.717, 1.165) is 11.3 Å². The molecular weight excluding hydrogens is 130 g/mol. The first-order valence-electron chi connectivity index (χ1n) is 3.82. The van der Waals surface area contributed by atoms with Crippen molar-refractivity contribution in [3.8, 4) is 0 Å². The minimum atomic E-state index is 0.878. The highest BCUT2D eigenvalue weighted by atomic mass is 32.2. The van der Waals surface area contributed by atoms with Crippen LogP contribution in [0.25, 0.3) is 0 Å². The summed E-state index contributed by atoms with van der Waals surface area (Å²) in [5.41, 5.74) is 0. The molecule has 0 radical (unpaired) electrons. The molecule has 2 atom stereocenters. The van der Waals surface area contributed by atoms with Gasteiger partial charge in [0.2, 0.25) is 0 Å². The third-order valence-electron chi connectivity index (χ3n) is 2.28. The Morgan fingerprint density at radius 2 is 2.33 bits per heavy atom. The van der Waals surface area contributed by atoms with Crippen LogP contribution >= 0.6 is 11.8 Å². The molecule has 0 bridgehead atoms. The van der Waals surface area contributed by atoms with Crippen LogP contribution in [0.1, 0.15) is 19.3 Å². The monoisotopic (exact) mass is 143 g/mol. The van der Waals surface area contributed by atoms with E-state index >= 15 is 0 Å². The van der Waals surface area contributed by atoms with Crippen molar-refractivity contribution in [3.63, 3.8) is 0 Å². The summed E-state index contributed by atoms with van der Waals surface area (Å²) in [7, 11) is 0. The molecule has 2 unspecified atom stereocenters. The highest BCUT2D eigenvalue weighted by molar-refractivity contribution is 8.00. The van der Waals surface area contributed by atoms with Gasteiger partial charge in [0.15, 0.2) is 0 Å². The van der Waals surface area contributed by atoms with Crippen LogP contribution < -0.4 is 5.32 Å². The van der Waals surface area contributed by atoms with E-state index in [-0.39, 0.29) is 0 Å². The van der Waals surface area contributed by atoms with Crippen molar-refractivity contribution in [2.24, 2.45) is 0 Å². The minimum absolute atomic E-state index is 0.878. The van der Waals surface area contributed by atoms with E-state index in [4.69, 9.17) is 0 Å². The van der Waals surface area contributed by atoms with Crippen LogP contribution in [-0.4, -0.2) is 23.6 Å². The van der Waals surface area contributed by atoms with Crippen LogP contribution in [-0.2, 0) is 0 Å². The Hall–Kier alpha value is 0.310. The lowest BCUT2D eigenvalue weighted by atomic mass is 10.1. The Balaban J connectivity index is 1.97. The van der Waals surface area contributed by atoms with Gasteiger partial charge in [-0.15, -0.1) is 0 Å². The number of fused-ring (bicyclic) bond motifs is 1. The molecule has 0 aromatic carbocycles. The van der Waals surface area contributed by atoms with Crippen LogP contribution in [0.15, 0.2) is 0 Å². The molecule has 52 valence electrons. The van der Waals surface area contributed by atoms with Crippen molar-refractivity contribution in [2.45, 2.75) is 30.6 Å². The molecule has 2 fully saturated rings. The maximum Gasteiger partial charge on any atom is 0.0213 e. The van der Waals surface area contributed by atoms with Gasteiger partial charge >= 0.3 is 0 Å². The molecule has 0 amide bonds. The maximum absolute atomic E-state index is 3.54. The average Bonchev–Trinajstić information content (AvgIpc) is 2.33. The van der Waals surface area contributed by atoms with Gasteiger partial charge < -0.3 is 5.32 Å². The van der Waals surface area contributed by atoms with E-state index in [9.17, 15) is 0 Å². The summed E-state index contributed by atoms with van der Waals surface area (Å²) in [5.74, 6) is 1.41. The molecule has 2 rings (SSSR count). The predicted octanol–water partition coefficient (Wildman–Crippen LogP) is 1.24. The van der Waals surface area contributed by atoms with E-state index < -0.39 is 0 Å². The Morgan fingerprint density at radius 3 is 3.22 bits per heavy atom. The zero-order chi connectivity index (χ0) is 6.10. The first-order chi connectivity index (χ1) is 4.47. The molecule has 2 aliphatic rings. The van der Waals surface area contributed by atoms with Crippen LogP contribution in [0.3, 0.4) is 0 Å². The molecule has 2 heterocycles. The number of hydrogen-bond acceptors (Lipinski definition) is 2. The van der Waals surface area contributed by atoms with Gasteiger partial charge in [-0.05, 0) is 31.6 Å². The Labute approximate surface area is 60.6 Å². The van der Waals surface area contributed by atoms with E-state index in [2.05, 4.69) is 17.1 Å². The highest BCUT2D eigenvalue weighted by Gasteiger charge is 2.29. The van der Waals surface area contributed by atoms with Crippen LogP contribution in [0, 0.1) is 0 Å². The Morgan fingerprint density at radius 1 is 1.33 bits per heavy atom. The second-order valence-corrected chi connectivity index (χ2v) is 4.25. The van der Waals surface area contributed by atoms with Crippen molar-refractivity contribution in [2.75, 3.05) is 12.3 Å². The molecule has 2 aliphatic heterocycles. The van der Waals surface area contributed by atoms with E-state index in [1.54, 1.807) is 0 Å². The Kier molecular flexibility index (Phi) is 1.68. The van der Waals surface area contributed by atoms with E-state index in [1.165, 1.54) is 31.6 Å². The molecule has 1 N–H and O–H groups in total. The quantitative estimate of drug-likeness (QED) is 0.547. The molecule has 0 spiro atoms. The summed E-state index contributed by atoms with van der Waals surface area (Å²) >= 11 is 2.17. The lowest BCUT2D eigenvalue weighted by molar-refractivity contribution is 0.548. The fourth-order valence-electron chi connectivity index (χ4n) is 1.77. The summed E-state index contributed by atoms with van der Waals surface area (Å²) in [6.45, 7) is 1.27. The SMILES string of the molecule is C1CSC2CCNC2C1. The summed E-state index contributed by atoms with van der Waals surface area (Å²) < 4.78 is 0. The van der Waals surface area contributed by atoms with E-state index in [1.807, 2.05) is 0 Å². The molecule has 2 saturated heterocycles. The van der Waals surface area contributed by atoms with Gasteiger partial charge in [-0.25, -0.2) is 0 Å². The number of nitrogens with one attached hydrogen (secondary N) is 1. The molecule has 0 saturated carbocycles. The smallest absolute Gasteiger partial charge is 0.0213 e. The standard InChI is InChI=1S/C7H13NS/c1-2-6-7(9-5-1)3-4-8-6/h6-8H,1-5H2. The minimum Gasteiger partial charge on any atom is -0.313 e. The van der Waals surface area contributed by atoms with Crippen molar-refractivity contribution in [1.29, 1.82) is 0 Å². The summed E-state index contributed by atoms with van der Waals surface area (Å²) in [4.78, 5) is 0. The van der Waals surface area contributed by atoms with Gasteiger partial charge in [-0.1, -0.05) is 0 Å². The van der Waals surface area contributed by atoms with Gasteiger partial charge in [0.25, 0.3) is 0 Å². The zero-order valence-corrected chi connectivity index (χ0v) is 6.41. The maximum atomic E-state index is 3.54. The summed E-state index contributed by atoms with van der Waals surface area (Å²) in [6.07, 6.45) is 4.27. The molecular formula is C7H13NS. The Bertz CT molecular complexity index is 93.1. The second-order valence-electron chi connectivity index (χ2n) is 2.90. The fourth-order valence-corrected chi connectivity index (χ4v) is 3.15. The molecule has 0 aromatic heterocycles. The lowest BCUT2D eigenvalue weighted by Gasteiger charge is -2.23. The van der Waals surface area contributed by atoms with Crippen molar-refractivity contribution >= 4 is 11.8 Å². The third kappa shape index (κ3) is 1.10. The van der Waals surface area contributed by atoms with Gasteiger partial charge in [-0.2, -0.15) is 11.8 Å². The van der Waals surface area contributed by atoms with Crippen LogP contribution in [0.4, 0.5) is 0 Å². The molecule has 2 heteroatoms. The van der Waals surface area contributed by atoms with Crippen molar-refractivity contribution < 1.29 is 0 Å². The van der Waals surface area contributed by atoms with Gasteiger partial charge in [0, 0.05) is 11.3 Å². The van der Waals surface area contributed by atoms with Gasteiger partial charge in [0.05, 0.1) is 0 Å². The molecule has 1 nitrogen and oxygen atoms in total. The fraction of sp³-hybridized carbons (Fsp3) is 1.00. The summed E-state index contributed by atoms with van der Waals surface area (Å²) in [6, 6.07) is 0.878. The highest BCUT2D eigenvalue weighted by Crippen LogP contribution is 2.30. The second kappa shape index (κ2) is 2.51. The zero-order valence-electron chi connectivity index (χ0n) is 5.60. The molecule has 0 aliphatic carbocycles. The first kappa shape index (κ1) is 6.05. The molecule has 9 heavy (non-hydrogen) atoms. The number of rotatable bonds is 0. The van der Waals surface area contributed by atoms with Crippen molar-refractivity contribution in [1.82, 2.24) is 5.32 Å². The van der Waals surface area contributed by atoms with Crippen LogP contribution in [0.2, 0.25) is 0 Å². The summed E-state index contributed by atoms with van der Waals surface area (Å²) in [5, 5.41) is 4.51. The average molecular weight is 143 g/mol. The van der Waals surface area contributed by atoms with Crippen LogP contribution in [0.5, 0.6) is 0 Å². The first-order valence-corrected chi connectivity index (χ1v) is 4.87. The third-order valence-corrected chi connectivity index (χ3v) is 3.79. The normalized spacial score (nSPS) is 42.7. The predicted molar refractivity (Wildman–Crippen MR) is 41.9 cm³/mol. The van der Waals surface area contributed by atoms with E-state index in [0.29, 0.717) is 0 Å². The van der Waals surface area contributed by atoms with Gasteiger partial charge in [-0.3, -0.25) is 0 Å². The largest absolute Gasteiger partial charge is 0.313 e. The van der Waals surface area contributed by atoms with Gasteiger partial charge in [0.1, 0.15) is 0 Å². The number of hydrogen-bond donors (Lipinski definition) is 1. The topological polar surface area (TPSA) is 12.0 Å².